The fraction of sp³-hybridized carbons (Fsp3) is 0.0455. The minimum Gasteiger partial charge on any atom is -0.497 e. The van der Waals surface area contributed by atoms with E-state index in [1.807, 2.05) is 24.3 Å². The quantitative estimate of drug-likeness (QED) is 0.480. The highest BCUT2D eigenvalue weighted by Crippen LogP contribution is 2.27. The monoisotopic (exact) mass is 414 g/mol. The largest absolute Gasteiger partial charge is 0.497 e. The van der Waals surface area contributed by atoms with Crippen molar-refractivity contribution in [2.45, 2.75) is 0 Å². The van der Waals surface area contributed by atoms with Crippen LogP contribution in [0, 0.1) is 5.82 Å². The van der Waals surface area contributed by atoms with E-state index in [4.69, 9.17) is 4.74 Å². The van der Waals surface area contributed by atoms with Crippen LogP contribution < -0.4 is 15.6 Å². The Morgan fingerprint density at radius 2 is 1.94 bits per heavy atom. The molecule has 2 aromatic carbocycles. The Bertz CT molecular complexity index is 1500. The van der Waals surface area contributed by atoms with Crippen molar-refractivity contribution in [2.24, 2.45) is 0 Å². The molecule has 3 aromatic heterocycles. The van der Waals surface area contributed by atoms with Gasteiger partial charge in [0.2, 0.25) is 5.95 Å². The Hall–Kier alpha value is -4.40. The molecule has 1 N–H and O–H groups in total. The molecular formula is C22H15FN6O2. The van der Waals surface area contributed by atoms with Crippen LogP contribution in [0.4, 0.5) is 16.0 Å². The normalized spacial score (nSPS) is 11.0. The number of hydrogen-bond donors (Lipinski definition) is 1. The Morgan fingerprint density at radius 3 is 2.81 bits per heavy atom. The maximum atomic E-state index is 13.9. The molecule has 0 bridgehead atoms. The highest BCUT2D eigenvalue weighted by atomic mass is 19.1. The van der Waals surface area contributed by atoms with Gasteiger partial charge in [-0.05, 0) is 36.4 Å². The number of hydrogen-bond acceptors (Lipinski definition) is 7. The third-order valence-corrected chi connectivity index (χ3v) is 4.69. The second-order valence-corrected chi connectivity index (χ2v) is 6.67. The summed E-state index contributed by atoms with van der Waals surface area (Å²) in [4.78, 5) is 25.2. The molecule has 0 aliphatic rings. The third kappa shape index (κ3) is 3.42. The molecule has 5 aromatic rings. The number of fused-ring (bicyclic) bond motifs is 3. The van der Waals surface area contributed by atoms with Crippen LogP contribution in [0.25, 0.3) is 27.9 Å². The molecule has 0 atom stereocenters. The lowest BCUT2D eigenvalue weighted by Crippen LogP contribution is -2.11. The van der Waals surface area contributed by atoms with Gasteiger partial charge in [-0.25, -0.2) is 19.3 Å². The fourth-order valence-corrected chi connectivity index (χ4v) is 3.22. The average molecular weight is 414 g/mol. The molecule has 0 aliphatic carbocycles. The van der Waals surface area contributed by atoms with Gasteiger partial charge >= 0.3 is 0 Å². The average Bonchev–Trinajstić information content (AvgIpc) is 3.14. The van der Waals surface area contributed by atoms with E-state index in [-0.39, 0.29) is 11.6 Å². The van der Waals surface area contributed by atoms with Crippen LogP contribution in [-0.4, -0.2) is 31.7 Å². The number of rotatable bonds is 4. The lowest BCUT2D eigenvalue weighted by molar-refractivity contribution is 0.415. The zero-order chi connectivity index (χ0) is 21.4. The number of halogens is 1. The fourth-order valence-electron chi connectivity index (χ4n) is 3.22. The van der Waals surface area contributed by atoms with Gasteiger partial charge < -0.3 is 10.1 Å². The standard InChI is InChI=1S/C22H15FN6O2/c1-31-15-6-4-5-13(11-15)19-27-20-16-9-8-14(23)12-18(16)26-22(29(20)28-19)25-17-7-2-3-10-24-21(17)30/h2-12H,1H3,(H,24,25,26,30). The summed E-state index contributed by atoms with van der Waals surface area (Å²) in [6.07, 6.45) is 1.41. The maximum Gasteiger partial charge on any atom is 0.293 e. The predicted molar refractivity (Wildman–Crippen MR) is 114 cm³/mol. The molecule has 0 aliphatic heterocycles. The van der Waals surface area contributed by atoms with Crippen LogP contribution >= 0.6 is 0 Å². The van der Waals surface area contributed by atoms with Gasteiger partial charge in [-0.3, -0.25) is 4.79 Å². The summed E-state index contributed by atoms with van der Waals surface area (Å²) < 4.78 is 20.7. The van der Waals surface area contributed by atoms with Crippen LogP contribution in [0.1, 0.15) is 0 Å². The van der Waals surface area contributed by atoms with Gasteiger partial charge in [-0.1, -0.05) is 18.2 Å². The summed E-state index contributed by atoms with van der Waals surface area (Å²) in [5.74, 6) is 0.873. The molecule has 0 spiro atoms. The number of anilines is 2. The highest BCUT2D eigenvalue weighted by molar-refractivity contribution is 5.93. The molecular weight excluding hydrogens is 399 g/mol. The number of nitrogens with zero attached hydrogens (tertiary/aromatic N) is 5. The summed E-state index contributed by atoms with van der Waals surface area (Å²) in [6.45, 7) is 0. The van der Waals surface area contributed by atoms with E-state index in [0.717, 1.165) is 5.56 Å². The molecule has 0 saturated carbocycles. The Labute approximate surface area is 175 Å². The number of methoxy groups -OCH3 is 1. The summed E-state index contributed by atoms with van der Waals surface area (Å²) in [7, 11) is 1.58. The van der Waals surface area contributed by atoms with Gasteiger partial charge in [0.05, 0.1) is 12.6 Å². The molecule has 0 saturated heterocycles. The number of benzene rings is 2. The van der Waals surface area contributed by atoms with Crippen LogP contribution in [-0.2, 0) is 0 Å². The van der Waals surface area contributed by atoms with E-state index in [0.29, 0.717) is 28.1 Å². The van der Waals surface area contributed by atoms with E-state index in [1.54, 1.807) is 31.4 Å². The second kappa shape index (κ2) is 7.45. The first-order valence-corrected chi connectivity index (χ1v) is 9.35. The van der Waals surface area contributed by atoms with Crippen LogP contribution in [0.5, 0.6) is 5.75 Å². The molecule has 0 amide bonds. The SMILES string of the molecule is COc1cccc(-c2nc3c4ccc(F)cc4nc(Nc4ccccnc4=O)n3n2)c1. The minimum atomic E-state index is -0.465. The molecule has 0 fully saturated rings. The summed E-state index contributed by atoms with van der Waals surface area (Å²) in [5.41, 5.74) is 1.31. The first kappa shape index (κ1) is 18.6. The van der Waals surface area contributed by atoms with Crippen molar-refractivity contribution < 1.29 is 9.13 Å². The van der Waals surface area contributed by atoms with Crippen molar-refractivity contribution in [3.05, 3.63) is 83.0 Å². The zero-order valence-corrected chi connectivity index (χ0v) is 16.3. The lowest BCUT2D eigenvalue weighted by Gasteiger charge is -2.07. The van der Waals surface area contributed by atoms with Crippen molar-refractivity contribution in [3.63, 3.8) is 0 Å². The molecule has 0 unspecified atom stereocenters. The topological polar surface area (TPSA) is 94.3 Å². The molecule has 31 heavy (non-hydrogen) atoms. The van der Waals surface area contributed by atoms with E-state index in [9.17, 15) is 9.18 Å². The molecule has 9 heteroatoms. The van der Waals surface area contributed by atoms with Crippen molar-refractivity contribution in [2.75, 3.05) is 12.4 Å². The van der Waals surface area contributed by atoms with Gasteiger partial charge in [0.25, 0.3) is 5.56 Å². The van der Waals surface area contributed by atoms with Crippen molar-refractivity contribution in [3.8, 4) is 17.1 Å². The highest BCUT2D eigenvalue weighted by Gasteiger charge is 2.16. The summed E-state index contributed by atoms with van der Waals surface area (Å²) in [6, 6.07) is 16.5. The van der Waals surface area contributed by atoms with Crippen molar-refractivity contribution in [1.29, 1.82) is 0 Å². The van der Waals surface area contributed by atoms with Crippen molar-refractivity contribution in [1.82, 2.24) is 24.6 Å². The van der Waals surface area contributed by atoms with Crippen LogP contribution in [0.2, 0.25) is 0 Å². The molecule has 5 rings (SSSR count). The number of nitrogens with one attached hydrogen (secondary N) is 1. The molecule has 0 radical (unpaired) electrons. The van der Waals surface area contributed by atoms with E-state index < -0.39 is 11.4 Å². The molecule has 8 nitrogen and oxygen atoms in total. The Balaban J connectivity index is 1.76. The van der Waals surface area contributed by atoms with Crippen LogP contribution in [0.15, 0.2) is 71.7 Å². The van der Waals surface area contributed by atoms with Gasteiger partial charge in [-0.15, -0.1) is 5.10 Å². The van der Waals surface area contributed by atoms with Gasteiger partial charge in [-0.2, -0.15) is 4.52 Å². The lowest BCUT2D eigenvalue weighted by atomic mass is 10.2. The smallest absolute Gasteiger partial charge is 0.293 e. The third-order valence-electron chi connectivity index (χ3n) is 4.69. The van der Waals surface area contributed by atoms with Gasteiger partial charge in [0.15, 0.2) is 11.5 Å². The van der Waals surface area contributed by atoms with Crippen LogP contribution in [0.3, 0.4) is 0 Å². The van der Waals surface area contributed by atoms with Gasteiger partial charge in [0.1, 0.15) is 17.3 Å². The Morgan fingerprint density at radius 1 is 1.03 bits per heavy atom. The summed E-state index contributed by atoms with van der Waals surface area (Å²) >= 11 is 0. The first-order valence-electron chi connectivity index (χ1n) is 9.35. The van der Waals surface area contributed by atoms with E-state index in [2.05, 4.69) is 25.4 Å². The van der Waals surface area contributed by atoms with E-state index in [1.165, 1.54) is 22.8 Å². The Kier molecular flexibility index (Phi) is 4.47. The van der Waals surface area contributed by atoms with E-state index >= 15 is 0 Å². The van der Waals surface area contributed by atoms with Crippen molar-refractivity contribution >= 4 is 28.2 Å². The second-order valence-electron chi connectivity index (χ2n) is 6.67. The van der Waals surface area contributed by atoms with Gasteiger partial charge in [0, 0.05) is 23.2 Å². The predicted octanol–water partition coefficient (Wildman–Crippen LogP) is 3.59. The maximum absolute atomic E-state index is 13.9. The number of ether oxygens (including phenoxy) is 1. The summed E-state index contributed by atoms with van der Waals surface area (Å²) in [5, 5.41) is 8.16. The number of aromatic nitrogens is 5. The molecule has 3 heterocycles. The zero-order valence-electron chi connectivity index (χ0n) is 16.3. The molecule has 152 valence electrons. The first-order chi connectivity index (χ1) is 15.1. The minimum absolute atomic E-state index is 0.202.